The van der Waals surface area contributed by atoms with Crippen LogP contribution in [-0.2, 0) is 0 Å². The Morgan fingerprint density at radius 2 is 2.17 bits per heavy atom. The lowest BCUT2D eigenvalue weighted by molar-refractivity contribution is 0.103. The summed E-state index contributed by atoms with van der Waals surface area (Å²) in [6, 6.07) is 7.50. The van der Waals surface area contributed by atoms with Gasteiger partial charge in [-0.3, -0.25) is 0 Å². The SMILES string of the molecule is CC(C)(CCC#N)CNCC(O)COc1ccc2c(c1)OCO2. The maximum absolute atomic E-state index is 9.98. The first-order valence-electron chi connectivity index (χ1n) is 7.78. The van der Waals surface area contributed by atoms with Crippen LogP contribution in [0.3, 0.4) is 0 Å². The van der Waals surface area contributed by atoms with E-state index in [2.05, 4.69) is 25.2 Å². The number of nitrogens with zero attached hydrogens (tertiary/aromatic N) is 1. The van der Waals surface area contributed by atoms with Crippen molar-refractivity contribution in [2.45, 2.75) is 32.8 Å². The highest BCUT2D eigenvalue weighted by molar-refractivity contribution is 5.46. The lowest BCUT2D eigenvalue weighted by atomic mass is 9.88. The van der Waals surface area contributed by atoms with Crippen molar-refractivity contribution in [3.63, 3.8) is 0 Å². The van der Waals surface area contributed by atoms with Crippen LogP contribution in [0, 0.1) is 16.7 Å². The van der Waals surface area contributed by atoms with Crippen molar-refractivity contribution in [3.05, 3.63) is 18.2 Å². The van der Waals surface area contributed by atoms with Crippen molar-refractivity contribution in [1.82, 2.24) is 5.32 Å². The second-order valence-electron chi connectivity index (χ2n) is 6.43. The molecule has 0 saturated carbocycles. The van der Waals surface area contributed by atoms with Crippen molar-refractivity contribution in [2.24, 2.45) is 5.41 Å². The molecule has 0 aromatic heterocycles. The fourth-order valence-electron chi connectivity index (χ4n) is 2.28. The minimum Gasteiger partial charge on any atom is -0.491 e. The second kappa shape index (κ2) is 8.04. The number of aliphatic hydroxyl groups is 1. The van der Waals surface area contributed by atoms with E-state index in [1.807, 2.05) is 0 Å². The van der Waals surface area contributed by atoms with E-state index in [4.69, 9.17) is 19.5 Å². The Balaban J connectivity index is 1.67. The van der Waals surface area contributed by atoms with Crippen LogP contribution in [0.25, 0.3) is 0 Å². The zero-order valence-corrected chi connectivity index (χ0v) is 13.7. The minimum absolute atomic E-state index is 0.0353. The first-order valence-corrected chi connectivity index (χ1v) is 7.78. The van der Waals surface area contributed by atoms with Crippen LogP contribution < -0.4 is 19.5 Å². The van der Waals surface area contributed by atoms with Gasteiger partial charge in [-0.15, -0.1) is 0 Å². The van der Waals surface area contributed by atoms with Crippen LogP contribution in [0.1, 0.15) is 26.7 Å². The molecule has 23 heavy (non-hydrogen) atoms. The third-order valence-corrected chi connectivity index (χ3v) is 3.68. The van der Waals surface area contributed by atoms with Gasteiger partial charge in [-0.25, -0.2) is 0 Å². The number of ether oxygens (including phenoxy) is 3. The number of aliphatic hydroxyl groups excluding tert-OH is 1. The average molecular weight is 320 g/mol. The summed E-state index contributed by atoms with van der Waals surface area (Å²) in [5.41, 5.74) is 0.0353. The highest BCUT2D eigenvalue weighted by Crippen LogP contribution is 2.35. The molecule has 0 fully saturated rings. The molecule has 1 aliphatic rings. The van der Waals surface area contributed by atoms with Gasteiger partial charge < -0.3 is 24.6 Å². The van der Waals surface area contributed by atoms with Gasteiger partial charge in [0.1, 0.15) is 18.5 Å². The summed E-state index contributed by atoms with van der Waals surface area (Å²) in [7, 11) is 0. The molecule has 1 aliphatic heterocycles. The average Bonchev–Trinajstić information content (AvgIpc) is 2.98. The van der Waals surface area contributed by atoms with Crippen LogP contribution in [0.2, 0.25) is 0 Å². The first-order chi connectivity index (χ1) is 11.0. The minimum atomic E-state index is -0.604. The van der Waals surface area contributed by atoms with Gasteiger partial charge in [0.25, 0.3) is 0 Å². The molecule has 1 atom stereocenters. The summed E-state index contributed by atoms with van der Waals surface area (Å²) >= 11 is 0. The molecule has 2 rings (SSSR count). The third-order valence-electron chi connectivity index (χ3n) is 3.68. The highest BCUT2D eigenvalue weighted by atomic mass is 16.7. The molecule has 0 saturated heterocycles. The predicted molar refractivity (Wildman–Crippen MR) is 85.6 cm³/mol. The van der Waals surface area contributed by atoms with Crippen LogP contribution in [0.15, 0.2) is 18.2 Å². The predicted octanol–water partition coefficient (Wildman–Crippen LogP) is 2.07. The Labute approximate surface area is 137 Å². The monoisotopic (exact) mass is 320 g/mol. The Bertz CT molecular complexity index is 554. The Kier molecular flexibility index (Phi) is 6.08. The van der Waals surface area contributed by atoms with E-state index in [9.17, 15) is 5.11 Å². The Hall–Kier alpha value is -1.97. The summed E-state index contributed by atoms with van der Waals surface area (Å²) < 4.78 is 16.1. The molecule has 126 valence electrons. The molecule has 1 heterocycles. The fraction of sp³-hybridized carbons (Fsp3) is 0.588. The third kappa shape index (κ3) is 5.62. The van der Waals surface area contributed by atoms with Gasteiger partial charge in [-0.1, -0.05) is 13.8 Å². The zero-order chi connectivity index (χ0) is 16.7. The molecule has 0 aliphatic carbocycles. The zero-order valence-electron chi connectivity index (χ0n) is 13.7. The molecule has 1 aromatic carbocycles. The van der Waals surface area contributed by atoms with E-state index in [0.717, 1.165) is 13.0 Å². The van der Waals surface area contributed by atoms with E-state index in [1.54, 1.807) is 18.2 Å². The fourth-order valence-corrected chi connectivity index (χ4v) is 2.28. The standard InChI is InChI=1S/C17H24N2O4/c1-17(2,6-3-7-18)11-19-9-13(20)10-21-14-4-5-15-16(8-14)23-12-22-15/h4-5,8,13,19-20H,3,6,9-12H2,1-2H3. The van der Waals surface area contributed by atoms with Crippen molar-refractivity contribution in [2.75, 3.05) is 26.5 Å². The number of nitriles is 1. The Morgan fingerprint density at radius 1 is 1.39 bits per heavy atom. The quantitative estimate of drug-likeness (QED) is 0.725. The number of hydrogen-bond donors (Lipinski definition) is 2. The molecule has 0 radical (unpaired) electrons. The van der Waals surface area contributed by atoms with Gasteiger partial charge in [0, 0.05) is 25.6 Å². The molecule has 1 unspecified atom stereocenters. The van der Waals surface area contributed by atoms with Gasteiger partial charge in [-0.2, -0.15) is 5.26 Å². The van der Waals surface area contributed by atoms with Crippen LogP contribution in [0.4, 0.5) is 0 Å². The molecule has 6 nitrogen and oxygen atoms in total. The summed E-state index contributed by atoms with van der Waals surface area (Å²) in [6.45, 7) is 5.83. The summed E-state index contributed by atoms with van der Waals surface area (Å²) in [5.74, 6) is 2.01. The molecule has 0 amide bonds. The largest absolute Gasteiger partial charge is 0.491 e. The number of nitrogens with one attached hydrogen (secondary N) is 1. The molecule has 0 spiro atoms. The molecular weight excluding hydrogens is 296 g/mol. The van der Waals surface area contributed by atoms with Crippen LogP contribution >= 0.6 is 0 Å². The smallest absolute Gasteiger partial charge is 0.231 e. The second-order valence-corrected chi connectivity index (χ2v) is 6.43. The van der Waals surface area contributed by atoms with E-state index in [0.29, 0.717) is 30.2 Å². The summed E-state index contributed by atoms with van der Waals surface area (Å²) in [4.78, 5) is 0. The summed E-state index contributed by atoms with van der Waals surface area (Å²) in [5, 5.41) is 21.8. The van der Waals surface area contributed by atoms with Crippen molar-refractivity contribution < 1.29 is 19.3 Å². The van der Waals surface area contributed by atoms with Gasteiger partial charge in [0.2, 0.25) is 6.79 Å². The topological polar surface area (TPSA) is 83.7 Å². The summed E-state index contributed by atoms with van der Waals surface area (Å²) in [6.07, 6.45) is 0.775. The number of benzene rings is 1. The van der Waals surface area contributed by atoms with Gasteiger partial charge in [-0.05, 0) is 24.0 Å². The number of rotatable bonds is 9. The lowest BCUT2D eigenvalue weighted by Gasteiger charge is -2.24. The van der Waals surface area contributed by atoms with Gasteiger partial charge in [0.15, 0.2) is 11.5 Å². The van der Waals surface area contributed by atoms with E-state index < -0.39 is 6.10 Å². The van der Waals surface area contributed by atoms with E-state index >= 15 is 0 Å². The number of hydrogen-bond acceptors (Lipinski definition) is 6. The number of fused-ring (bicyclic) bond motifs is 1. The molecule has 6 heteroatoms. The Morgan fingerprint density at radius 3 is 2.96 bits per heavy atom. The maximum atomic E-state index is 9.98. The normalized spacial score (nSPS) is 14.3. The van der Waals surface area contributed by atoms with Gasteiger partial charge >= 0.3 is 0 Å². The van der Waals surface area contributed by atoms with E-state index in [1.165, 1.54) is 0 Å². The van der Waals surface area contributed by atoms with Crippen molar-refractivity contribution in [3.8, 4) is 23.3 Å². The lowest BCUT2D eigenvalue weighted by Crippen LogP contribution is -2.37. The van der Waals surface area contributed by atoms with Gasteiger partial charge in [0.05, 0.1) is 6.07 Å². The van der Waals surface area contributed by atoms with Crippen LogP contribution in [0.5, 0.6) is 17.2 Å². The molecule has 2 N–H and O–H groups in total. The van der Waals surface area contributed by atoms with Crippen molar-refractivity contribution >= 4 is 0 Å². The van der Waals surface area contributed by atoms with E-state index in [-0.39, 0.29) is 18.8 Å². The highest BCUT2D eigenvalue weighted by Gasteiger charge is 2.18. The first kappa shape index (κ1) is 17.4. The molecule has 1 aromatic rings. The van der Waals surface area contributed by atoms with Crippen LogP contribution in [-0.4, -0.2) is 37.7 Å². The molecule has 0 bridgehead atoms. The maximum Gasteiger partial charge on any atom is 0.231 e. The molecular formula is C17H24N2O4. The van der Waals surface area contributed by atoms with Crippen molar-refractivity contribution in [1.29, 1.82) is 5.26 Å².